The van der Waals surface area contributed by atoms with Crippen molar-refractivity contribution in [3.8, 4) is 11.1 Å². The summed E-state index contributed by atoms with van der Waals surface area (Å²) in [7, 11) is 0.00163. The number of piperazine rings is 1. The minimum Gasteiger partial charge on any atom is -0.345 e. The number of aryl methyl sites for hydroxylation is 1. The van der Waals surface area contributed by atoms with Crippen LogP contribution in [-0.2, 0) is 10.0 Å². The van der Waals surface area contributed by atoms with Crippen molar-refractivity contribution in [2.75, 3.05) is 27.2 Å². The fraction of sp³-hybridized carbons (Fsp3) is 0.296. The second-order valence-electron chi connectivity index (χ2n) is 9.39. The zero-order chi connectivity index (χ0) is 24.0. The highest BCUT2D eigenvalue weighted by Gasteiger charge is 2.50. The zero-order valence-electron chi connectivity index (χ0n) is 19.6. The highest BCUT2D eigenvalue weighted by molar-refractivity contribution is 7.89. The normalized spacial score (nSPS) is 22.1. The maximum Gasteiger partial charge on any atom is 0.253 e. The molecular weight excluding hydrogens is 446 g/mol. The van der Waals surface area contributed by atoms with Crippen molar-refractivity contribution >= 4 is 15.9 Å². The number of hydrogen-bond acceptors (Lipinski definition) is 4. The van der Waals surface area contributed by atoms with E-state index in [1.54, 1.807) is 35.4 Å². The summed E-state index contributed by atoms with van der Waals surface area (Å²) in [5, 5.41) is 3.53. The molecule has 1 unspecified atom stereocenters. The number of carbonyl (C=O) groups excluding carboxylic acids is 1. The molecule has 1 amide bonds. The van der Waals surface area contributed by atoms with Crippen molar-refractivity contribution < 1.29 is 13.2 Å². The van der Waals surface area contributed by atoms with Crippen LogP contribution in [0.3, 0.4) is 0 Å². The van der Waals surface area contributed by atoms with Gasteiger partial charge in [0.2, 0.25) is 10.0 Å². The Bertz CT molecular complexity index is 1310. The fourth-order valence-electron chi connectivity index (χ4n) is 5.10. The molecular formula is C27H29N3O3S. The highest BCUT2D eigenvalue weighted by Crippen LogP contribution is 2.39. The lowest BCUT2D eigenvalue weighted by molar-refractivity contribution is 0.0827. The number of sulfonamides is 1. The molecule has 0 aliphatic carbocycles. The Balaban J connectivity index is 1.29. The van der Waals surface area contributed by atoms with Crippen LogP contribution < -0.4 is 5.32 Å². The Hall–Kier alpha value is -3.00. The number of fused-ring (bicyclic) bond motifs is 2. The number of hydrogen-bond donors (Lipinski definition) is 1. The third-order valence-corrected chi connectivity index (χ3v) is 8.97. The van der Waals surface area contributed by atoms with Gasteiger partial charge in [-0.05, 0) is 47.4 Å². The fourth-order valence-corrected chi connectivity index (χ4v) is 6.81. The van der Waals surface area contributed by atoms with Gasteiger partial charge in [-0.3, -0.25) is 4.79 Å². The van der Waals surface area contributed by atoms with Crippen molar-refractivity contribution in [1.29, 1.82) is 0 Å². The van der Waals surface area contributed by atoms with Crippen LogP contribution in [0.4, 0.5) is 0 Å². The Morgan fingerprint density at radius 3 is 2.00 bits per heavy atom. The first-order valence-corrected chi connectivity index (χ1v) is 12.9. The number of nitrogens with one attached hydrogen (secondary N) is 1. The van der Waals surface area contributed by atoms with Crippen LogP contribution in [0.2, 0.25) is 0 Å². The molecule has 1 N–H and O–H groups in total. The van der Waals surface area contributed by atoms with Gasteiger partial charge in [-0.15, -0.1) is 0 Å². The van der Waals surface area contributed by atoms with Crippen molar-refractivity contribution in [1.82, 2.24) is 14.5 Å². The maximum absolute atomic E-state index is 13.2. The molecule has 6 rings (SSSR count). The molecule has 3 heterocycles. The van der Waals surface area contributed by atoms with E-state index in [0.29, 0.717) is 29.5 Å². The topological polar surface area (TPSA) is 69.7 Å². The van der Waals surface area contributed by atoms with Crippen LogP contribution >= 0.6 is 0 Å². The molecule has 2 bridgehead atoms. The third-order valence-electron chi connectivity index (χ3n) is 6.97. The molecule has 0 spiro atoms. The Morgan fingerprint density at radius 1 is 0.882 bits per heavy atom. The summed E-state index contributed by atoms with van der Waals surface area (Å²) in [5.41, 5.74) is 4.83. The molecule has 3 aromatic rings. The van der Waals surface area contributed by atoms with Crippen LogP contribution in [-0.4, -0.2) is 62.8 Å². The highest BCUT2D eigenvalue weighted by atomic mass is 32.2. The first-order valence-electron chi connectivity index (χ1n) is 11.5. The standard InChI is InChI=1S/C27H29N3O3S/c1-18-6-4-5-7-25(18)34(32,33)30-16-23-26(24(17-30)28-23)21-12-8-19(9-13-21)20-10-14-22(15-11-20)27(31)29(2)3/h4-15,23-24,26,28H,16-17H2,1-3H3/t23-,24+,26?. The molecule has 34 heavy (non-hydrogen) atoms. The minimum absolute atomic E-state index is 0.00981. The Morgan fingerprint density at radius 2 is 1.44 bits per heavy atom. The summed E-state index contributed by atoms with van der Waals surface area (Å²) in [5.74, 6) is 0.293. The van der Waals surface area contributed by atoms with Crippen LogP contribution in [0, 0.1) is 6.92 Å². The smallest absolute Gasteiger partial charge is 0.253 e. The quantitative estimate of drug-likeness (QED) is 0.613. The lowest BCUT2D eigenvalue weighted by atomic mass is 9.75. The summed E-state index contributed by atoms with van der Waals surface area (Å²) in [6.07, 6.45) is 0. The van der Waals surface area contributed by atoms with Crippen LogP contribution in [0.1, 0.15) is 27.4 Å². The van der Waals surface area contributed by atoms with E-state index < -0.39 is 10.0 Å². The van der Waals surface area contributed by atoms with Gasteiger partial charge in [0.1, 0.15) is 0 Å². The van der Waals surface area contributed by atoms with E-state index in [0.717, 1.165) is 16.7 Å². The Labute approximate surface area is 201 Å². The summed E-state index contributed by atoms with van der Waals surface area (Å²) in [6, 6.07) is 23.6. The van der Waals surface area contributed by atoms with Gasteiger partial charge in [0, 0.05) is 50.7 Å². The van der Waals surface area contributed by atoms with E-state index in [1.165, 1.54) is 5.56 Å². The van der Waals surface area contributed by atoms with Gasteiger partial charge in [0.15, 0.2) is 0 Å². The van der Waals surface area contributed by atoms with Crippen molar-refractivity contribution in [2.45, 2.75) is 29.8 Å². The van der Waals surface area contributed by atoms with Gasteiger partial charge in [-0.1, -0.05) is 54.6 Å². The summed E-state index contributed by atoms with van der Waals surface area (Å²) >= 11 is 0. The minimum atomic E-state index is -3.49. The van der Waals surface area contributed by atoms with E-state index in [9.17, 15) is 13.2 Å². The van der Waals surface area contributed by atoms with Crippen molar-refractivity contribution in [3.63, 3.8) is 0 Å². The van der Waals surface area contributed by atoms with E-state index in [-0.39, 0.29) is 18.0 Å². The van der Waals surface area contributed by atoms with Gasteiger partial charge in [0.25, 0.3) is 5.91 Å². The molecule has 176 valence electrons. The van der Waals surface area contributed by atoms with Gasteiger partial charge >= 0.3 is 0 Å². The average Bonchev–Trinajstić information content (AvgIpc) is 2.84. The largest absolute Gasteiger partial charge is 0.345 e. The third kappa shape index (κ3) is 3.94. The molecule has 3 aromatic carbocycles. The lowest BCUT2D eigenvalue weighted by Crippen LogP contribution is -2.72. The number of amides is 1. The number of carbonyl (C=O) groups is 1. The van der Waals surface area contributed by atoms with E-state index in [1.807, 2.05) is 43.3 Å². The molecule has 3 aliphatic rings. The Kier molecular flexibility index (Phi) is 5.80. The SMILES string of the molecule is Cc1ccccc1S(=O)(=O)N1C[C@@H]2N[C@H](C1)C2c1ccc(-c2ccc(C(=O)N(C)C)cc2)cc1. The molecule has 7 heteroatoms. The van der Waals surface area contributed by atoms with Gasteiger partial charge < -0.3 is 10.2 Å². The number of nitrogens with zero attached hydrogens (tertiary/aromatic N) is 2. The summed E-state index contributed by atoms with van der Waals surface area (Å²) in [4.78, 5) is 14.1. The predicted molar refractivity (Wildman–Crippen MR) is 133 cm³/mol. The molecule has 0 aromatic heterocycles. The molecule has 6 nitrogen and oxygen atoms in total. The number of benzene rings is 3. The van der Waals surface area contributed by atoms with Crippen LogP contribution in [0.25, 0.3) is 11.1 Å². The predicted octanol–water partition coefficient (Wildman–Crippen LogP) is 3.49. The molecule has 3 aliphatic heterocycles. The zero-order valence-corrected chi connectivity index (χ0v) is 20.4. The monoisotopic (exact) mass is 475 g/mol. The first kappa shape index (κ1) is 22.8. The number of rotatable bonds is 5. The molecule has 3 saturated heterocycles. The van der Waals surface area contributed by atoms with Gasteiger partial charge in [0.05, 0.1) is 4.90 Å². The second kappa shape index (κ2) is 8.65. The summed E-state index contributed by atoms with van der Waals surface area (Å²) < 4.78 is 28.0. The summed E-state index contributed by atoms with van der Waals surface area (Å²) in [6.45, 7) is 2.79. The molecule has 3 fully saturated rings. The number of piperidine rings is 1. The maximum atomic E-state index is 13.2. The van der Waals surface area contributed by atoms with Gasteiger partial charge in [-0.25, -0.2) is 8.42 Å². The van der Waals surface area contributed by atoms with E-state index in [4.69, 9.17) is 0 Å². The van der Waals surface area contributed by atoms with E-state index in [2.05, 4.69) is 29.6 Å². The molecule has 0 saturated carbocycles. The first-order chi connectivity index (χ1) is 16.3. The van der Waals surface area contributed by atoms with Crippen molar-refractivity contribution in [2.24, 2.45) is 0 Å². The molecule has 3 atom stereocenters. The average molecular weight is 476 g/mol. The lowest BCUT2D eigenvalue weighted by Gasteiger charge is -2.54. The van der Waals surface area contributed by atoms with E-state index >= 15 is 0 Å². The van der Waals surface area contributed by atoms with Gasteiger partial charge in [-0.2, -0.15) is 4.31 Å². The van der Waals surface area contributed by atoms with Crippen LogP contribution in [0.5, 0.6) is 0 Å². The van der Waals surface area contributed by atoms with Crippen molar-refractivity contribution in [3.05, 3.63) is 89.5 Å². The molecule has 0 radical (unpaired) electrons. The van der Waals surface area contributed by atoms with Crippen LogP contribution in [0.15, 0.2) is 77.7 Å². The second-order valence-corrected chi connectivity index (χ2v) is 11.3.